The zero-order valence-corrected chi connectivity index (χ0v) is 8.69. The highest BCUT2D eigenvalue weighted by Crippen LogP contribution is 2.37. The average Bonchev–Trinajstić information content (AvgIpc) is 1.78. The molecule has 0 saturated carbocycles. The molecule has 0 aliphatic rings. The van der Waals surface area contributed by atoms with Crippen LogP contribution in [0.4, 0.5) is 0 Å². The summed E-state index contributed by atoms with van der Waals surface area (Å²) in [7, 11) is -6.32. The van der Waals surface area contributed by atoms with Crippen molar-refractivity contribution in [1.29, 1.82) is 0 Å². The summed E-state index contributed by atoms with van der Waals surface area (Å²) in [5.74, 6) is 2.02. The van der Waals surface area contributed by atoms with Gasteiger partial charge in [-0.2, -0.15) is 8.42 Å². The van der Waals surface area contributed by atoms with Gasteiger partial charge < -0.3 is 4.57 Å². The van der Waals surface area contributed by atoms with Crippen LogP contribution in [-0.4, -0.2) is 33.8 Å². The Morgan fingerprint density at radius 3 is 2.33 bits per heavy atom. The fourth-order valence-electron chi connectivity index (χ4n) is 0.542. The van der Waals surface area contributed by atoms with Crippen LogP contribution in [0.2, 0.25) is 0 Å². The topological polar surface area (TPSA) is 60.4 Å². The van der Waals surface area contributed by atoms with Crippen molar-refractivity contribution < 1.29 is 17.2 Å². The van der Waals surface area contributed by atoms with Crippen LogP contribution in [-0.2, 0) is 18.9 Å². The molecule has 0 N–H and O–H groups in total. The van der Waals surface area contributed by atoms with Crippen molar-refractivity contribution in [3.8, 4) is 12.3 Å². The van der Waals surface area contributed by atoms with Gasteiger partial charge in [0.1, 0.15) is 12.1 Å². The molecule has 0 saturated heterocycles. The molecule has 0 atom stereocenters. The summed E-state index contributed by atoms with van der Waals surface area (Å²) in [5, 5.41) is 0. The van der Waals surface area contributed by atoms with E-state index in [9.17, 15) is 13.0 Å². The van der Waals surface area contributed by atoms with Crippen LogP contribution in [0.15, 0.2) is 0 Å². The lowest BCUT2D eigenvalue weighted by molar-refractivity contribution is 0.366. The minimum absolute atomic E-state index is 0.303. The van der Waals surface area contributed by atoms with E-state index >= 15 is 0 Å². The Morgan fingerprint density at radius 1 is 1.50 bits per heavy atom. The molecule has 0 unspecified atom stereocenters. The fourth-order valence-corrected chi connectivity index (χ4v) is 4.13. The number of hydrogen-bond acceptors (Lipinski definition) is 4. The van der Waals surface area contributed by atoms with Crippen molar-refractivity contribution >= 4 is 17.3 Å². The van der Waals surface area contributed by atoms with E-state index in [2.05, 4.69) is 4.18 Å². The van der Waals surface area contributed by atoms with Crippen LogP contribution in [0.1, 0.15) is 0 Å². The SMILES string of the molecule is C#CCOS(=O)(=O)CP(C)(C)=O. The second-order valence-corrected chi connectivity index (χ2v) is 8.26. The van der Waals surface area contributed by atoms with Gasteiger partial charge in [0.2, 0.25) is 0 Å². The quantitative estimate of drug-likeness (QED) is 0.386. The molecule has 6 heteroatoms. The first-order valence-electron chi connectivity index (χ1n) is 3.11. The highest BCUT2D eigenvalue weighted by molar-refractivity contribution is 7.95. The molecule has 0 aromatic rings. The first-order chi connectivity index (χ1) is 5.27. The lowest BCUT2D eigenvalue weighted by atomic mass is 10.8. The van der Waals surface area contributed by atoms with Crippen molar-refractivity contribution in [2.75, 3.05) is 25.4 Å². The normalized spacial score (nSPS) is 12.4. The number of hydrogen-bond donors (Lipinski definition) is 0. The van der Waals surface area contributed by atoms with Gasteiger partial charge in [-0.3, -0.25) is 4.18 Å². The molecule has 0 radical (unpaired) electrons. The molecule has 12 heavy (non-hydrogen) atoms. The van der Waals surface area contributed by atoms with E-state index < -0.39 is 22.8 Å². The Morgan fingerprint density at radius 2 is 2.00 bits per heavy atom. The zero-order valence-electron chi connectivity index (χ0n) is 6.98. The van der Waals surface area contributed by atoms with Crippen LogP contribution in [0.3, 0.4) is 0 Å². The predicted octanol–water partition coefficient (Wildman–Crippen LogP) is 0.546. The molecule has 0 heterocycles. The molecule has 4 nitrogen and oxygen atoms in total. The molecule has 0 aliphatic heterocycles. The molecule has 0 fully saturated rings. The largest absolute Gasteiger partial charge is 0.323 e. The molecule has 0 aliphatic carbocycles. The van der Waals surface area contributed by atoms with Crippen LogP contribution >= 0.6 is 7.14 Å². The number of rotatable bonds is 4. The van der Waals surface area contributed by atoms with Crippen LogP contribution < -0.4 is 0 Å². The Bertz CT molecular complexity index is 318. The molecule has 70 valence electrons. The minimum atomic E-state index is -3.71. The lowest BCUT2D eigenvalue weighted by Gasteiger charge is -2.05. The highest BCUT2D eigenvalue weighted by atomic mass is 32.2. The summed E-state index contributed by atoms with van der Waals surface area (Å²) in [6.07, 6.45) is 4.79. The monoisotopic (exact) mass is 210 g/mol. The van der Waals surface area contributed by atoms with E-state index in [0.29, 0.717) is 0 Å². The minimum Gasteiger partial charge on any atom is -0.323 e. The Hall–Kier alpha value is -0.300. The molecule has 0 spiro atoms. The zero-order chi connectivity index (χ0) is 9.83. The molecule has 0 amide bonds. The van der Waals surface area contributed by atoms with Gasteiger partial charge in [-0.25, -0.2) is 0 Å². The van der Waals surface area contributed by atoms with Gasteiger partial charge in [0.05, 0.1) is 7.14 Å². The first-order valence-corrected chi connectivity index (χ1v) is 7.48. The highest BCUT2D eigenvalue weighted by Gasteiger charge is 2.20. The molecule has 0 rings (SSSR count). The van der Waals surface area contributed by atoms with Crippen LogP contribution in [0, 0.1) is 12.3 Å². The lowest BCUT2D eigenvalue weighted by Crippen LogP contribution is -2.10. The van der Waals surface area contributed by atoms with E-state index in [1.807, 2.05) is 5.92 Å². The van der Waals surface area contributed by atoms with E-state index in [1.165, 1.54) is 13.3 Å². The number of terminal acetylenes is 1. The van der Waals surface area contributed by atoms with Crippen molar-refractivity contribution in [2.45, 2.75) is 0 Å². The maximum absolute atomic E-state index is 11.1. The Labute approximate surface area is 72.8 Å². The van der Waals surface area contributed by atoms with Crippen LogP contribution in [0.25, 0.3) is 0 Å². The van der Waals surface area contributed by atoms with Crippen molar-refractivity contribution in [3.05, 3.63) is 0 Å². The van der Waals surface area contributed by atoms with Crippen LogP contribution in [0.5, 0.6) is 0 Å². The molecule has 0 bridgehead atoms. The summed E-state index contributed by atoms with van der Waals surface area (Å²) in [6, 6.07) is 0. The van der Waals surface area contributed by atoms with E-state index in [4.69, 9.17) is 6.42 Å². The summed E-state index contributed by atoms with van der Waals surface area (Å²) < 4.78 is 37.2. The average molecular weight is 210 g/mol. The van der Waals surface area contributed by atoms with E-state index in [0.717, 1.165) is 0 Å². The van der Waals surface area contributed by atoms with Gasteiger partial charge in [0.15, 0.2) is 0 Å². The van der Waals surface area contributed by atoms with Gasteiger partial charge in [-0.1, -0.05) is 5.92 Å². The maximum atomic E-state index is 11.1. The van der Waals surface area contributed by atoms with Gasteiger partial charge in [0, 0.05) is 0 Å². The maximum Gasteiger partial charge on any atom is 0.275 e. The fraction of sp³-hybridized carbons (Fsp3) is 0.667. The molecular formula is C6H11O4PS. The van der Waals surface area contributed by atoms with Gasteiger partial charge in [-0.05, 0) is 13.3 Å². The van der Waals surface area contributed by atoms with Gasteiger partial charge in [-0.15, -0.1) is 6.42 Å². The van der Waals surface area contributed by atoms with Gasteiger partial charge >= 0.3 is 0 Å². The van der Waals surface area contributed by atoms with Gasteiger partial charge in [0.25, 0.3) is 10.1 Å². The van der Waals surface area contributed by atoms with Crippen molar-refractivity contribution in [1.82, 2.24) is 0 Å². The third kappa shape index (κ3) is 6.41. The second-order valence-electron chi connectivity index (χ2n) is 2.73. The predicted molar refractivity (Wildman–Crippen MR) is 48.0 cm³/mol. The first kappa shape index (κ1) is 11.7. The van der Waals surface area contributed by atoms with E-state index in [-0.39, 0.29) is 6.61 Å². The molecule has 0 aromatic carbocycles. The second kappa shape index (κ2) is 4.08. The van der Waals surface area contributed by atoms with E-state index in [1.54, 1.807) is 0 Å². The standard InChI is InChI=1S/C6H11O4PS/c1-4-5-10-12(8,9)6-11(2,3)7/h1H,5-6H2,2-3H3. The summed E-state index contributed by atoms with van der Waals surface area (Å²) in [5.41, 5.74) is -0.457. The van der Waals surface area contributed by atoms with Crippen molar-refractivity contribution in [2.24, 2.45) is 0 Å². The summed E-state index contributed by atoms with van der Waals surface area (Å²) in [6.45, 7) is 2.45. The third-order valence-corrected chi connectivity index (χ3v) is 5.02. The molecule has 0 aromatic heterocycles. The smallest absolute Gasteiger partial charge is 0.275 e. The summed E-state index contributed by atoms with van der Waals surface area (Å²) >= 11 is 0. The van der Waals surface area contributed by atoms with Crippen molar-refractivity contribution in [3.63, 3.8) is 0 Å². The Kier molecular flexibility index (Phi) is 3.98. The third-order valence-electron chi connectivity index (χ3n) is 0.791. The Balaban J connectivity index is 4.28. The summed E-state index contributed by atoms with van der Waals surface area (Å²) in [4.78, 5) is 0. The molecular weight excluding hydrogens is 199 g/mol.